The van der Waals surface area contributed by atoms with Gasteiger partial charge in [0.2, 0.25) is 0 Å². The van der Waals surface area contributed by atoms with E-state index in [4.69, 9.17) is 17.3 Å². The van der Waals surface area contributed by atoms with Crippen molar-refractivity contribution in [1.82, 2.24) is 9.55 Å². The number of nitrogens with zero attached hydrogens (tertiary/aromatic N) is 2. The van der Waals surface area contributed by atoms with Crippen molar-refractivity contribution >= 4 is 11.6 Å². The summed E-state index contributed by atoms with van der Waals surface area (Å²) in [6, 6.07) is 7.74. The van der Waals surface area contributed by atoms with Gasteiger partial charge < -0.3 is 10.3 Å². The highest BCUT2D eigenvalue weighted by atomic mass is 35.5. The number of imidazole rings is 1. The number of rotatable bonds is 3. The van der Waals surface area contributed by atoms with Gasteiger partial charge in [-0.25, -0.2) is 4.98 Å². The van der Waals surface area contributed by atoms with E-state index >= 15 is 0 Å². The standard InChI is InChI=1S/C13H16ClN3/c1-9-16-13(12(7-8-15)17(9)2)10-3-5-11(14)6-4-10/h3-6H,7-8,15H2,1-2H3. The number of nitrogens with two attached hydrogens (primary N) is 1. The average molecular weight is 250 g/mol. The maximum absolute atomic E-state index is 5.89. The van der Waals surface area contributed by atoms with Crippen LogP contribution in [0, 0.1) is 6.92 Å². The summed E-state index contributed by atoms with van der Waals surface area (Å²) in [5.41, 5.74) is 8.91. The Bertz CT molecular complexity index is 514. The van der Waals surface area contributed by atoms with Gasteiger partial charge in [0, 0.05) is 29.7 Å². The highest BCUT2D eigenvalue weighted by Gasteiger charge is 2.12. The molecule has 0 bridgehead atoms. The van der Waals surface area contributed by atoms with Gasteiger partial charge in [0.25, 0.3) is 0 Å². The largest absolute Gasteiger partial charge is 0.335 e. The SMILES string of the molecule is Cc1nc(-c2ccc(Cl)cc2)c(CCN)n1C. The summed E-state index contributed by atoms with van der Waals surface area (Å²) >= 11 is 5.89. The molecule has 0 amide bonds. The highest BCUT2D eigenvalue weighted by molar-refractivity contribution is 6.30. The molecule has 17 heavy (non-hydrogen) atoms. The van der Waals surface area contributed by atoms with E-state index in [2.05, 4.69) is 9.55 Å². The van der Waals surface area contributed by atoms with E-state index in [0.717, 1.165) is 28.5 Å². The van der Waals surface area contributed by atoms with Gasteiger partial charge in [0.1, 0.15) is 5.82 Å². The van der Waals surface area contributed by atoms with Gasteiger partial charge in [-0.15, -0.1) is 0 Å². The van der Waals surface area contributed by atoms with Crippen LogP contribution in [0.5, 0.6) is 0 Å². The van der Waals surface area contributed by atoms with Crippen LogP contribution in [0.3, 0.4) is 0 Å². The molecule has 0 aliphatic rings. The Hall–Kier alpha value is -1.32. The van der Waals surface area contributed by atoms with Crippen molar-refractivity contribution in [2.24, 2.45) is 12.8 Å². The van der Waals surface area contributed by atoms with Crippen LogP contribution in [0.2, 0.25) is 5.02 Å². The minimum atomic E-state index is 0.625. The summed E-state index contributed by atoms with van der Waals surface area (Å²) in [6.07, 6.45) is 0.829. The maximum atomic E-state index is 5.89. The summed E-state index contributed by atoms with van der Waals surface area (Å²) in [4.78, 5) is 4.59. The fourth-order valence-corrected chi connectivity index (χ4v) is 2.04. The Labute approximate surface area is 106 Å². The molecule has 1 heterocycles. The molecule has 2 aromatic rings. The van der Waals surface area contributed by atoms with Crippen LogP contribution in [-0.2, 0) is 13.5 Å². The monoisotopic (exact) mass is 249 g/mol. The molecule has 0 aliphatic heterocycles. The smallest absolute Gasteiger partial charge is 0.106 e. The summed E-state index contributed by atoms with van der Waals surface area (Å²) in [5.74, 6) is 0.999. The van der Waals surface area contributed by atoms with E-state index in [1.54, 1.807) is 0 Å². The van der Waals surface area contributed by atoms with Crippen LogP contribution >= 0.6 is 11.6 Å². The van der Waals surface area contributed by atoms with E-state index in [1.165, 1.54) is 5.69 Å². The van der Waals surface area contributed by atoms with Gasteiger partial charge in [-0.05, 0) is 25.6 Å². The lowest BCUT2D eigenvalue weighted by Gasteiger charge is -2.05. The van der Waals surface area contributed by atoms with Gasteiger partial charge in [-0.2, -0.15) is 0 Å². The molecule has 90 valence electrons. The zero-order chi connectivity index (χ0) is 12.4. The molecule has 0 radical (unpaired) electrons. The van der Waals surface area contributed by atoms with Crippen LogP contribution in [-0.4, -0.2) is 16.1 Å². The van der Waals surface area contributed by atoms with Gasteiger partial charge >= 0.3 is 0 Å². The molecule has 1 aromatic heterocycles. The van der Waals surface area contributed by atoms with Gasteiger partial charge in [0.05, 0.1) is 5.69 Å². The zero-order valence-electron chi connectivity index (χ0n) is 10.1. The topological polar surface area (TPSA) is 43.8 Å². The normalized spacial score (nSPS) is 10.8. The Morgan fingerprint density at radius 2 is 1.94 bits per heavy atom. The summed E-state index contributed by atoms with van der Waals surface area (Å²) < 4.78 is 2.09. The molecule has 3 nitrogen and oxygen atoms in total. The Kier molecular flexibility index (Phi) is 3.50. The van der Waals surface area contributed by atoms with E-state index in [-0.39, 0.29) is 0 Å². The van der Waals surface area contributed by atoms with Crippen molar-refractivity contribution in [2.45, 2.75) is 13.3 Å². The second-order valence-corrected chi connectivity index (χ2v) is 4.50. The molecule has 0 aliphatic carbocycles. The van der Waals surface area contributed by atoms with Crippen LogP contribution in [0.25, 0.3) is 11.3 Å². The van der Waals surface area contributed by atoms with Crippen LogP contribution < -0.4 is 5.73 Å². The molecular weight excluding hydrogens is 234 g/mol. The minimum Gasteiger partial charge on any atom is -0.335 e. The first-order chi connectivity index (χ1) is 8.13. The Morgan fingerprint density at radius 3 is 2.53 bits per heavy atom. The van der Waals surface area contributed by atoms with Crippen molar-refractivity contribution in [3.8, 4) is 11.3 Å². The van der Waals surface area contributed by atoms with E-state index in [0.29, 0.717) is 6.54 Å². The van der Waals surface area contributed by atoms with E-state index in [9.17, 15) is 0 Å². The highest BCUT2D eigenvalue weighted by Crippen LogP contribution is 2.25. The second kappa shape index (κ2) is 4.90. The number of halogens is 1. The summed E-state index contributed by atoms with van der Waals surface area (Å²) in [5, 5.41) is 0.738. The van der Waals surface area contributed by atoms with Crippen LogP contribution in [0.1, 0.15) is 11.5 Å². The molecule has 0 atom stereocenters. The van der Waals surface area contributed by atoms with Gasteiger partial charge in [-0.1, -0.05) is 23.7 Å². The fourth-order valence-electron chi connectivity index (χ4n) is 1.92. The first-order valence-corrected chi connectivity index (χ1v) is 5.99. The molecule has 0 saturated heterocycles. The first-order valence-electron chi connectivity index (χ1n) is 5.61. The fraction of sp³-hybridized carbons (Fsp3) is 0.308. The molecule has 1 aromatic carbocycles. The van der Waals surface area contributed by atoms with E-state index < -0.39 is 0 Å². The average Bonchev–Trinajstić information content (AvgIpc) is 2.59. The number of aryl methyl sites for hydroxylation is 1. The third-order valence-electron chi connectivity index (χ3n) is 2.94. The second-order valence-electron chi connectivity index (χ2n) is 4.06. The van der Waals surface area contributed by atoms with Crippen molar-refractivity contribution in [3.05, 3.63) is 40.8 Å². The molecule has 0 unspecified atom stereocenters. The number of hydrogen-bond donors (Lipinski definition) is 1. The molecular formula is C13H16ClN3. The van der Waals surface area contributed by atoms with E-state index in [1.807, 2.05) is 38.2 Å². The van der Waals surface area contributed by atoms with Gasteiger partial charge in [0.15, 0.2) is 0 Å². The third-order valence-corrected chi connectivity index (χ3v) is 3.19. The lowest BCUT2D eigenvalue weighted by molar-refractivity contribution is 0.778. The molecule has 0 saturated carbocycles. The maximum Gasteiger partial charge on any atom is 0.106 e. The van der Waals surface area contributed by atoms with Crippen LogP contribution in [0.15, 0.2) is 24.3 Å². The number of hydrogen-bond acceptors (Lipinski definition) is 2. The summed E-state index contributed by atoms with van der Waals surface area (Å²) in [6.45, 7) is 2.62. The summed E-state index contributed by atoms with van der Waals surface area (Å²) in [7, 11) is 2.02. The lowest BCUT2D eigenvalue weighted by atomic mass is 10.1. The molecule has 4 heteroatoms. The quantitative estimate of drug-likeness (QED) is 0.909. The van der Waals surface area contributed by atoms with Crippen LogP contribution in [0.4, 0.5) is 0 Å². The first kappa shape index (κ1) is 12.1. The number of aromatic nitrogens is 2. The minimum absolute atomic E-state index is 0.625. The van der Waals surface area contributed by atoms with Crippen molar-refractivity contribution < 1.29 is 0 Å². The lowest BCUT2D eigenvalue weighted by Crippen LogP contribution is -2.08. The Balaban J connectivity index is 2.50. The van der Waals surface area contributed by atoms with Crippen molar-refractivity contribution in [2.75, 3.05) is 6.54 Å². The van der Waals surface area contributed by atoms with Crippen molar-refractivity contribution in [1.29, 1.82) is 0 Å². The van der Waals surface area contributed by atoms with Gasteiger partial charge in [-0.3, -0.25) is 0 Å². The Morgan fingerprint density at radius 1 is 1.29 bits per heavy atom. The zero-order valence-corrected chi connectivity index (χ0v) is 10.8. The number of benzene rings is 1. The predicted octanol–water partition coefficient (Wildman–Crippen LogP) is 2.55. The van der Waals surface area contributed by atoms with Crippen molar-refractivity contribution in [3.63, 3.8) is 0 Å². The predicted molar refractivity (Wildman–Crippen MR) is 71.1 cm³/mol. The molecule has 0 fully saturated rings. The molecule has 2 rings (SSSR count). The molecule has 0 spiro atoms. The third kappa shape index (κ3) is 2.35. The molecule has 2 N–H and O–H groups in total.